The van der Waals surface area contributed by atoms with E-state index in [1.165, 1.54) is 21.5 Å². The maximum absolute atomic E-state index is 14.8. The van der Waals surface area contributed by atoms with Crippen LogP contribution in [0, 0.1) is 5.82 Å². The van der Waals surface area contributed by atoms with E-state index in [0.29, 0.717) is 30.8 Å². The third kappa shape index (κ3) is 4.15. The molecule has 1 saturated heterocycles. The number of carbonyl (C=O) groups excluding carboxylic acids is 1. The summed E-state index contributed by atoms with van der Waals surface area (Å²) in [7, 11) is -3.26. The highest BCUT2D eigenvalue weighted by Crippen LogP contribution is 2.30. The van der Waals surface area contributed by atoms with Crippen LogP contribution in [0.25, 0.3) is 5.57 Å². The van der Waals surface area contributed by atoms with Gasteiger partial charge in [-0.05, 0) is 30.2 Å². The largest absolute Gasteiger partial charge is 0.442 e. The van der Waals surface area contributed by atoms with Crippen LogP contribution in [0.4, 0.5) is 14.9 Å². The van der Waals surface area contributed by atoms with Crippen LogP contribution in [0.15, 0.2) is 36.7 Å². The number of hydrogen-bond donors (Lipinski definition) is 0. The highest BCUT2D eigenvalue weighted by molar-refractivity contribution is 7.88. The smallest absolute Gasteiger partial charge is 0.414 e. The number of rotatable bonds is 5. The van der Waals surface area contributed by atoms with Crippen molar-refractivity contribution in [3.8, 4) is 0 Å². The van der Waals surface area contributed by atoms with Gasteiger partial charge in [-0.25, -0.2) is 22.3 Å². The summed E-state index contributed by atoms with van der Waals surface area (Å²) in [6.45, 7) is 1.18. The van der Waals surface area contributed by atoms with Crippen molar-refractivity contribution >= 4 is 27.4 Å². The summed E-state index contributed by atoms with van der Waals surface area (Å²) in [6, 6.07) is 4.59. The Morgan fingerprint density at radius 3 is 2.79 bits per heavy atom. The predicted molar refractivity (Wildman–Crippen MR) is 103 cm³/mol. The molecule has 11 heteroatoms. The Morgan fingerprint density at radius 1 is 1.34 bits per heavy atom. The van der Waals surface area contributed by atoms with E-state index >= 15 is 0 Å². The monoisotopic (exact) mass is 421 g/mol. The van der Waals surface area contributed by atoms with Crippen LogP contribution in [0.3, 0.4) is 0 Å². The summed E-state index contributed by atoms with van der Waals surface area (Å²) >= 11 is 0. The SMILES string of the molecule is CS(=O)(=O)N1CC=C(c2ccc(N3C[C@H](Cn4ccnn4)OC3=O)cc2F)CC1. The molecule has 29 heavy (non-hydrogen) atoms. The second-order valence-electron chi connectivity index (χ2n) is 7.01. The average Bonchev–Trinajstić information content (AvgIpc) is 3.31. The fourth-order valence-electron chi connectivity index (χ4n) is 3.49. The molecule has 2 aliphatic rings. The molecular weight excluding hydrogens is 401 g/mol. The number of hydrogen-bond acceptors (Lipinski definition) is 6. The Bertz CT molecular complexity index is 1050. The van der Waals surface area contributed by atoms with Crippen LogP contribution in [0.5, 0.6) is 0 Å². The summed E-state index contributed by atoms with van der Waals surface area (Å²) in [5, 5.41) is 7.56. The number of anilines is 1. The van der Waals surface area contributed by atoms with Crippen molar-refractivity contribution in [2.24, 2.45) is 0 Å². The topological polar surface area (TPSA) is 97.6 Å². The first-order chi connectivity index (χ1) is 13.8. The van der Waals surface area contributed by atoms with Gasteiger partial charge < -0.3 is 4.74 Å². The van der Waals surface area contributed by atoms with Gasteiger partial charge in [-0.2, -0.15) is 4.31 Å². The Kier molecular flexibility index (Phi) is 5.09. The molecule has 1 fully saturated rings. The predicted octanol–water partition coefficient (Wildman–Crippen LogP) is 1.49. The number of carbonyl (C=O) groups is 1. The summed E-state index contributed by atoms with van der Waals surface area (Å²) in [6.07, 6.45) is 5.58. The second-order valence-corrected chi connectivity index (χ2v) is 8.99. The minimum Gasteiger partial charge on any atom is -0.442 e. The highest BCUT2D eigenvalue weighted by Gasteiger charge is 2.33. The number of ether oxygens (including phenoxy) is 1. The van der Waals surface area contributed by atoms with Gasteiger partial charge in [0.25, 0.3) is 0 Å². The normalized spacial score (nSPS) is 20.6. The molecule has 4 rings (SSSR count). The van der Waals surface area contributed by atoms with E-state index in [4.69, 9.17) is 4.74 Å². The fourth-order valence-corrected chi connectivity index (χ4v) is 4.26. The zero-order valence-electron chi connectivity index (χ0n) is 15.7. The van der Waals surface area contributed by atoms with Gasteiger partial charge >= 0.3 is 6.09 Å². The van der Waals surface area contributed by atoms with E-state index in [1.54, 1.807) is 29.1 Å². The van der Waals surface area contributed by atoms with Gasteiger partial charge in [0.15, 0.2) is 0 Å². The zero-order valence-corrected chi connectivity index (χ0v) is 16.5. The van der Waals surface area contributed by atoms with Gasteiger partial charge in [0.1, 0.15) is 11.9 Å². The summed E-state index contributed by atoms with van der Waals surface area (Å²) in [4.78, 5) is 13.6. The van der Waals surface area contributed by atoms with Gasteiger partial charge in [-0.3, -0.25) is 4.90 Å². The van der Waals surface area contributed by atoms with Crippen LogP contribution >= 0.6 is 0 Å². The number of benzene rings is 1. The van der Waals surface area contributed by atoms with E-state index in [-0.39, 0.29) is 13.1 Å². The molecule has 0 bridgehead atoms. The van der Waals surface area contributed by atoms with Crippen LogP contribution < -0.4 is 4.90 Å². The quantitative estimate of drug-likeness (QED) is 0.726. The van der Waals surface area contributed by atoms with Crippen LogP contribution in [0.1, 0.15) is 12.0 Å². The maximum atomic E-state index is 14.8. The minimum absolute atomic E-state index is 0.220. The lowest BCUT2D eigenvalue weighted by molar-refractivity contribution is 0.129. The van der Waals surface area contributed by atoms with Crippen LogP contribution in [-0.4, -0.2) is 65.8 Å². The molecule has 2 aromatic rings. The van der Waals surface area contributed by atoms with Gasteiger partial charge in [-0.1, -0.05) is 11.3 Å². The van der Waals surface area contributed by atoms with Gasteiger partial charge in [-0.15, -0.1) is 5.10 Å². The van der Waals surface area contributed by atoms with E-state index in [0.717, 1.165) is 11.8 Å². The van der Waals surface area contributed by atoms with Crippen molar-refractivity contribution in [1.29, 1.82) is 0 Å². The van der Waals surface area contributed by atoms with E-state index in [1.807, 2.05) is 0 Å². The summed E-state index contributed by atoms with van der Waals surface area (Å²) in [5.74, 6) is -0.464. The molecule has 154 valence electrons. The molecule has 0 spiro atoms. The van der Waals surface area contributed by atoms with Gasteiger partial charge in [0.2, 0.25) is 10.0 Å². The Hall–Kier alpha value is -2.79. The van der Waals surface area contributed by atoms with Crippen molar-refractivity contribution in [3.05, 3.63) is 48.0 Å². The molecule has 1 aromatic heterocycles. The molecule has 0 radical (unpaired) electrons. The Morgan fingerprint density at radius 2 is 2.17 bits per heavy atom. The van der Waals surface area contributed by atoms with Gasteiger partial charge in [0.05, 0.1) is 31.2 Å². The number of aromatic nitrogens is 3. The van der Waals surface area contributed by atoms with Crippen molar-refractivity contribution < 1.29 is 22.3 Å². The van der Waals surface area contributed by atoms with E-state index in [9.17, 15) is 17.6 Å². The molecular formula is C18H20FN5O4S. The summed E-state index contributed by atoms with van der Waals surface area (Å²) in [5.41, 5.74) is 1.57. The second kappa shape index (κ2) is 7.56. The van der Waals surface area contributed by atoms with Gasteiger partial charge in [0, 0.05) is 24.8 Å². The van der Waals surface area contributed by atoms with E-state index < -0.39 is 28.0 Å². The lowest BCUT2D eigenvalue weighted by Gasteiger charge is -2.24. The molecule has 0 unspecified atom stereocenters. The molecule has 3 heterocycles. The zero-order chi connectivity index (χ0) is 20.6. The van der Waals surface area contributed by atoms with Crippen LogP contribution in [0.2, 0.25) is 0 Å². The number of sulfonamides is 1. The highest BCUT2D eigenvalue weighted by atomic mass is 32.2. The lowest BCUT2D eigenvalue weighted by Crippen LogP contribution is -2.33. The number of nitrogens with zero attached hydrogens (tertiary/aromatic N) is 5. The standard InChI is InChI=1S/C18H20FN5O4S/c1-29(26,27)23-7-4-13(5-8-23)16-3-2-14(10-17(16)19)24-12-15(28-18(24)25)11-22-9-6-20-21-22/h2-4,6,9-10,15H,5,7-8,11-12H2,1H3/t15-/m0/s1. The van der Waals surface area contributed by atoms with Crippen molar-refractivity contribution in [2.75, 3.05) is 30.8 Å². The molecule has 0 aliphatic carbocycles. The van der Waals surface area contributed by atoms with Crippen molar-refractivity contribution in [1.82, 2.24) is 19.3 Å². The third-order valence-corrected chi connectivity index (χ3v) is 6.26. The Labute approximate surface area is 167 Å². The Balaban J connectivity index is 1.48. The molecule has 2 aliphatic heterocycles. The maximum Gasteiger partial charge on any atom is 0.414 e. The van der Waals surface area contributed by atoms with Crippen molar-refractivity contribution in [2.45, 2.75) is 19.1 Å². The molecule has 1 amide bonds. The van der Waals surface area contributed by atoms with Crippen LogP contribution in [-0.2, 0) is 21.3 Å². The first-order valence-corrected chi connectivity index (χ1v) is 10.9. The number of amides is 1. The first-order valence-electron chi connectivity index (χ1n) is 9.07. The number of halogens is 1. The molecule has 1 aromatic carbocycles. The summed E-state index contributed by atoms with van der Waals surface area (Å²) < 4.78 is 46.2. The molecule has 9 nitrogen and oxygen atoms in total. The lowest BCUT2D eigenvalue weighted by atomic mass is 9.99. The molecule has 1 atom stereocenters. The van der Waals surface area contributed by atoms with Crippen molar-refractivity contribution in [3.63, 3.8) is 0 Å². The number of cyclic esters (lactones) is 1. The third-order valence-electron chi connectivity index (χ3n) is 4.99. The molecule has 0 saturated carbocycles. The minimum atomic E-state index is -3.26. The van der Waals surface area contributed by atoms with E-state index in [2.05, 4.69) is 10.3 Å². The average molecular weight is 421 g/mol. The fraction of sp³-hybridized carbons (Fsp3) is 0.389. The first kappa shape index (κ1) is 19.5. The molecule has 0 N–H and O–H groups in total.